The summed E-state index contributed by atoms with van der Waals surface area (Å²) in [6, 6.07) is 14.9. The van der Waals surface area contributed by atoms with E-state index in [0.29, 0.717) is 16.3 Å². The third-order valence-corrected chi connectivity index (χ3v) is 3.95. The van der Waals surface area contributed by atoms with E-state index in [1.165, 1.54) is 18.2 Å². The van der Waals surface area contributed by atoms with E-state index in [0.717, 1.165) is 0 Å². The van der Waals surface area contributed by atoms with Crippen LogP contribution in [0.25, 0.3) is 10.8 Å². The molecule has 0 amide bonds. The number of halogens is 3. The number of esters is 1. The number of carbonyl (C=O) groups excluding carboxylic acids is 1. The van der Waals surface area contributed by atoms with E-state index in [2.05, 4.69) is 4.74 Å². The van der Waals surface area contributed by atoms with Crippen LogP contribution in [-0.4, -0.2) is 17.3 Å². The number of hydrogen-bond donors (Lipinski definition) is 2. The predicted molar refractivity (Wildman–Crippen MR) is 89.8 cm³/mol. The summed E-state index contributed by atoms with van der Waals surface area (Å²) in [6.45, 7) is 0. The van der Waals surface area contributed by atoms with E-state index >= 15 is 0 Å². The second kappa shape index (κ2) is 6.68. The number of nitrogens with two attached hydrogens (primary N) is 1. The molecule has 1 atom stereocenters. The molecule has 3 aromatic carbocycles. The van der Waals surface area contributed by atoms with Gasteiger partial charge in [-0.05, 0) is 22.9 Å². The van der Waals surface area contributed by atoms with Crippen LogP contribution in [-0.2, 0) is 4.79 Å². The Labute approximate surface area is 146 Å². The lowest BCUT2D eigenvalue weighted by atomic mass is 9.93. The number of alkyl halides is 3. The highest BCUT2D eigenvalue weighted by molar-refractivity contribution is 5.90. The zero-order chi connectivity index (χ0) is 18.9. The average Bonchev–Trinajstić information content (AvgIpc) is 2.60. The average molecular weight is 361 g/mol. The van der Waals surface area contributed by atoms with Crippen molar-refractivity contribution in [2.75, 3.05) is 0 Å². The highest BCUT2D eigenvalue weighted by Crippen LogP contribution is 2.38. The molecule has 0 fully saturated rings. The van der Waals surface area contributed by atoms with Crippen LogP contribution in [0.4, 0.5) is 13.2 Å². The molecule has 0 aliphatic rings. The third-order valence-electron chi connectivity index (χ3n) is 3.95. The molecule has 1 unspecified atom stereocenters. The molecule has 134 valence electrons. The van der Waals surface area contributed by atoms with E-state index < -0.39 is 18.2 Å². The van der Waals surface area contributed by atoms with Crippen LogP contribution in [0, 0.1) is 0 Å². The Bertz CT molecular complexity index is 970. The number of hydrogen-bond acceptors (Lipinski definition) is 4. The number of benzene rings is 3. The van der Waals surface area contributed by atoms with Gasteiger partial charge in [0.05, 0.1) is 6.04 Å². The largest absolute Gasteiger partial charge is 0.508 e. The van der Waals surface area contributed by atoms with Gasteiger partial charge in [-0.2, -0.15) is 13.2 Å². The summed E-state index contributed by atoms with van der Waals surface area (Å²) in [4.78, 5) is 11.3. The van der Waals surface area contributed by atoms with Gasteiger partial charge >= 0.3 is 12.1 Å². The fourth-order valence-electron chi connectivity index (χ4n) is 2.75. The van der Waals surface area contributed by atoms with Gasteiger partial charge in [0.25, 0.3) is 0 Å². The number of phenolic OH excluding ortho intramolecular Hbond substituents is 1. The van der Waals surface area contributed by atoms with E-state index in [1.807, 2.05) is 0 Å². The highest BCUT2D eigenvalue weighted by Gasteiger charge is 2.42. The normalized spacial score (nSPS) is 12.8. The van der Waals surface area contributed by atoms with Crippen LogP contribution < -0.4 is 10.5 Å². The molecule has 0 saturated carbocycles. The van der Waals surface area contributed by atoms with E-state index in [4.69, 9.17) is 5.73 Å². The second-order valence-electron chi connectivity index (χ2n) is 5.62. The van der Waals surface area contributed by atoms with Gasteiger partial charge in [0, 0.05) is 11.1 Å². The number of carbonyl (C=O) groups is 1. The maximum Gasteiger partial charge on any atom is 0.491 e. The van der Waals surface area contributed by atoms with Gasteiger partial charge in [-0.1, -0.05) is 48.5 Å². The first-order valence-electron chi connectivity index (χ1n) is 7.63. The van der Waals surface area contributed by atoms with Gasteiger partial charge in [0.2, 0.25) is 0 Å². The fourth-order valence-corrected chi connectivity index (χ4v) is 2.75. The lowest BCUT2D eigenvalue weighted by Crippen LogP contribution is -2.29. The molecule has 0 spiro atoms. The van der Waals surface area contributed by atoms with Gasteiger partial charge in [0.1, 0.15) is 11.5 Å². The van der Waals surface area contributed by atoms with Gasteiger partial charge in [-0.15, -0.1) is 0 Å². The van der Waals surface area contributed by atoms with Crippen molar-refractivity contribution in [3.8, 4) is 11.5 Å². The summed E-state index contributed by atoms with van der Waals surface area (Å²) in [5.74, 6) is -2.75. The summed E-state index contributed by atoms with van der Waals surface area (Å²) in [7, 11) is 0. The first-order valence-corrected chi connectivity index (χ1v) is 7.63. The molecular formula is C19H14F3NO3. The maximum absolute atomic E-state index is 12.6. The quantitative estimate of drug-likeness (QED) is 0.545. The number of phenols is 1. The predicted octanol–water partition coefficient (Wildman–Crippen LogP) is 4.06. The molecule has 0 heterocycles. The Kier molecular flexibility index (Phi) is 4.56. The Morgan fingerprint density at radius 2 is 1.65 bits per heavy atom. The van der Waals surface area contributed by atoms with Gasteiger partial charge in [0.15, 0.2) is 0 Å². The van der Waals surface area contributed by atoms with Gasteiger partial charge < -0.3 is 15.6 Å². The molecular weight excluding hydrogens is 347 g/mol. The number of para-hydroxylation sites is 1. The number of rotatable bonds is 3. The lowest BCUT2D eigenvalue weighted by molar-refractivity contribution is -0.189. The van der Waals surface area contributed by atoms with Crippen molar-refractivity contribution in [2.45, 2.75) is 12.2 Å². The number of ether oxygens (including phenoxy) is 1. The molecule has 0 aliphatic heterocycles. The SMILES string of the molecule is NC(c1ccccc1O)c1c(OC(=O)C(F)(F)F)ccc2ccccc12. The number of aromatic hydroxyl groups is 1. The summed E-state index contributed by atoms with van der Waals surface area (Å²) < 4.78 is 42.4. The van der Waals surface area contributed by atoms with Crippen molar-refractivity contribution >= 4 is 16.7 Å². The summed E-state index contributed by atoms with van der Waals surface area (Å²) in [5, 5.41) is 11.3. The molecule has 7 heteroatoms. The van der Waals surface area contributed by atoms with Crippen molar-refractivity contribution in [2.24, 2.45) is 5.73 Å². The highest BCUT2D eigenvalue weighted by atomic mass is 19.4. The Hall–Kier alpha value is -3.06. The zero-order valence-electron chi connectivity index (χ0n) is 13.3. The Balaban J connectivity index is 2.19. The van der Waals surface area contributed by atoms with Crippen molar-refractivity contribution in [1.29, 1.82) is 0 Å². The van der Waals surface area contributed by atoms with Gasteiger partial charge in [-0.3, -0.25) is 0 Å². The fraction of sp³-hybridized carbons (Fsp3) is 0.105. The zero-order valence-corrected chi connectivity index (χ0v) is 13.3. The summed E-state index contributed by atoms with van der Waals surface area (Å²) in [6.07, 6.45) is -5.14. The van der Waals surface area contributed by atoms with Crippen molar-refractivity contribution in [3.05, 3.63) is 71.8 Å². The first kappa shape index (κ1) is 17.8. The minimum Gasteiger partial charge on any atom is -0.508 e. The Morgan fingerprint density at radius 3 is 2.35 bits per heavy atom. The Morgan fingerprint density at radius 1 is 1.00 bits per heavy atom. The van der Waals surface area contributed by atoms with Crippen molar-refractivity contribution in [1.82, 2.24) is 0 Å². The summed E-state index contributed by atoms with van der Waals surface area (Å²) >= 11 is 0. The molecule has 4 nitrogen and oxygen atoms in total. The molecule has 0 aromatic heterocycles. The maximum atomic E-state index is 12.6. The topological polar surface area (TPSA) is 72.6 Å². The standard InChI is InChI=1S/C19H14F3NO3/c20-19(21,22)18(25)26-15-10-9-11-5-1-2-6-12(11)16(15)17(23)13-7-3-4-8-14(13)24/h1-10,17,24H,23H2. The summed E-state index contributed by atoms with van der Waals surface area (Å²) in [5.41, 5.74) is 6.72. The number of fused-ring (bicyclic) bond motifs is 1. The molecule has 0 radical (unpaired) electrons. The van der Waals surface area contributed by atoms with E-state index in [1.54, 1.807) is 42.5 Å². The van der Waals surface area contributed by atoms with Crippen LogP contribution in [0.2, 0.25) is 0 Å². The van der Waals surface area contributed by atoms with Crippen molar-refractivity contribution in [3.63, 3.8) is 0 Å². The van der Waals surface area contributed by atoms with Crippen LogP contribution in [0.5, 0.6) is 11.5 Å². The minimum absolute atomic E-state index is 0.110. The van der Waals surface area contributed by atoms with Crippen LogP contribution >= 0.6 is 0 Å². The lowest BCUT2D eigenvalue weighted by Gasteiger charge is -2.20. The monoisotopic (exact) mass is 361 g/mol. The molecule has 0 saturated heterocycles. The van der Waals surface area contributed by atoms with E-state index in [-0.39, 0.29) is 17.1 Å². The minimum atomic E-state index is -5.14. The van der Waals surface area contributed by atoms with Crippen LogP contribution in [0.3, 0.4) is 0 Å². The van der Waals surface area contributed by atoms with E-state index in [9.17, 15) is 23.1 Å². The molecule has 3 rings (SSSR count). The first-order chi connectivity index (χ1) is 12.3. The smallest absolute Gasteiger partial charge is 0.491 e. The molecule has 3 aromatic rings. The molecule has 3 N–H and O–H groups in total. The molecule has 0 aliphatic carbocycles. The van der Waals surface area contributed by atoms with Gasteiger partial charge in [-0.25, -0.2) is 4.79 Å². The second-order valence-corrected chi connectivity index (χ2v) is 5.62. The third kappa shape index (κ3) is 3.34. The molecule has 26 heavy (non-hydrogen) atoms. The van der Waals surface area contributed by atoms with Crippen LogP contribution in [0.1, 0.15) is 17.2 Å². The molecule has 0 bridgehead atoms. The van der Waals surface area contributed by atoms with Crippen molar-refractivity contribution < 1.29 is 27.8 Å². The van der Waals surface area contributed by atoms with Crippen LogP contribution in [0.15, 0.2) is 60.7 Å².